The first-order chi connectivity index (χ1) is 6.65. The molecule has 0 heterocycles. The molecule has 0 saturated carbocycles. The summed E-state index contributed by atoms with van der Waals surface area (Å²) in [5.41, 5.74) is 0. The van der Waals surface area contributed by atoms with E-state index in [2.05, 4.69) is 39.9 Å². The lowest BCUT2D eigenvalue weighted by Crippen LogP contribution is -2.40. The summed E-state index contributed by atoms with van der Waals surface area (Å²) in [7, 11) is 0. The Kier molecular flexibility index (Phi) is 8.26. The van der Waals surface area contributed by atoms with E-state index in [0.717, 1.165) is 12.0 Å². The first kappa shape index (κ1) is 14.0. The number of rotatable bonds is 8. The average Bonchev–Trinajstić information content (AvgIpc) is 2.15. The third kappa shape index (κ3) is 5.64. The Morgan fingerprint density at radius 1 is 1.00 bits per heavy atom. The molecule has 0 amide bonds. The van der Waals surface area contributed by atoms with Crippen molar-refractivity contribution in [2.75, 3.05) is 0 Å². The SMILES string of the molecule is CCCCC(NC(C)C)C(CC)CC. The van der Waals surface area contributed by atoms with E-state index in [9.17, 15) is 0 Å². The van der Waals surface area contributed by atoms with E-state index in [1.54, 1.807) is 0 Å². The molecule has 0 aromatic rings. The fourth-order valence-corrected chi connectivity index (χ4v) is 2.17. The molecule has 14 heavy (non-hydrogen) atoms. The molecule has 0 bridgehead atoms. The summed E-state index contributed by atoms with van der Waals surface area (Å²) in [5, 5.41) is 3.72. The van der Waals surface area contributed by atoms with E-state index < -0.39 is 0 Å². The fourth-order valence-electron chi connectivity index (χ4n) is 2.17. The summed E-state index contributed by atoms with van der Waals surface area (Å²) < 4.78 is 0. The van der Waals surface area contributed by atoms with Crippen molar-refractivity contribution in [2.45, 2.75) is 78.8 Å². The molecule has 1 nitrogen and oxygen atoms in total. The molecule has 1 heteroatoms. The molecule has 0 aliphatic rings. The van der Waals surface area contributed by atoms with E-state index in [-0.39, 0.29) is 0 Å². The van der Waals surface area contributed by atoms with Crippen molar-refractivity contribution in [3.05, 3.63) is 0 Å². The van der Waals surface area contributed by atoms with Crippen molar-refractivity contribution in [1.29, 1.82) is 0 Å². The lowest BCUT2D eigenvalue weighted by atomic mass is 9.90. The molecule has 86 valence electrons. The summed E-state index contributed by atoms with van der Waals surface area (Å²) in [6.07, 6.45) is 6.65. The van der Waals surface area contributed by atoms with Gasteiger partial charge in [0.2, 0.25) is 0 Å². The Bertz CT molecular complexity index is 116. The molecule has 0 fully saturated rings. The molecule has 0 aromatic heterocycles. The first-order valence-corrected chi connectivity index (χ1v) is 6.41. The number of nitrogens with one attached hydrogen (secondary N) is 1. The van der Waals surface area contributed by atoms with Gasteiger partial charge in [0.15, 0.2) is 0 Å². The highest BCUT2D eigenvalue weighted by Gasteiger charge is 2.17. The molecule has 1 N–H and O–H groups in total. The van der Waals surface area contributed by atoms with Crippen molar-refractivity contribution in [2.24, 2.45) is 5.92 Å². The summed E-state index contributed by atoms with van der Waals surface area (Å²) in [6.45, 7) is 11.4. The first-order valence-electron chi connectivity index (χ1n) is 6.41. The molecule has 0 saturated heterocycles. The molecule has 0 rings (SSSR count). The maximum atomic E-state index is 3.72. The highest BCUT2D eigenvalue weighted by Crippen LogP contribution is 2.18. The van der Waals surface area contributed by atoms with Crippen LogP contribution in [0.5, 0.6) is 0 Å². The highest BCUT2D eigenvalue weighted by molar-refractivity contribution is 4.76. The van der Waals surface area contributed by atoms with Gasteiger partial charge in [0, 0.05) is 12.1 Å². The minimum atomic E-state index is 0.623. The van der Waals surface area contributed by atoms with E-state index in [0.29, 0.717) is 6.04 Å². The Hall–Kier alpha value is -0.0400. The summed E-state index contributed by atoms with van der Waals surface area (Å²) >= 11 is 0. The van der Waals surface area contributed by atoms with Crippen LogP contribution in [0.25, 0.3) is 0 Å². The smallest absolute Gasteiger partial charge is 0.00974 e. The fraction of sp³-hybridized carbons (Fsp3) is 1.00. The third-order valence-electron chi connectivity index (χ3n) is 3.03. The molecule has 1 atom stereocenters. The average molecular weight is 199 g/mol. The third-order valence-corrected chi connectivity index (χ3v) is 3.03. The van der Waals surface area contributed by atoms with Crippen LogP contribution in [0.2, 0.25) is 0 Å². The molecule has 0 spiro atoms. The van der Waals surface area contributed by atoms with Crippen molar-refractivity contribution in [1.82, 2.24) is 5.32 Å². The second kappa shape index (κ2) is 8.28. The minimum absolute atomic E-state index is 0.623. The number of unbranched alkanes of at least 4 members (excludes halogenated alkanes) is 1. The van der Waals surface area contributed by atoms with Gasteiger partial charge in [0.1, 0.15) is 0 Å². The van der Waals surface area contributed by atoms with Gasteiger partial charge in [-0.05, 0) is 12.3 Å². The number of hydrogen-bond acceptors (Lipinski definition) is 1. The van der Waals surface area contributed by atoms with E-state index >= 15 is 0 Å². The number of hydrogen-bond donors (Lipinski definition) is 1. The zero-order valence-electron chi connectivity index (χ0n) is 10.8. The zero-order valence-corrected chi connectivity index (χ0v) is 10.8. The van der Waals surface area contributed by atoms with Gasteiger partial charge in [-0.15, -0.1) is 0 Å². The van der Waals surface area contributed by atoms with Crippen LogP contribution in [0, 0.1) is 5.92 Å². The van der Waals surface area contributed by atoms with Crippen molar-refractivity contribution in [3.8, 4) is 0 Å². The maximum absolute atomic E-state index is 3.72. The quantitative estimate of drug-likeness (QED) is 0.623. The molecule has 0 radical (unpaired) electrons. The van der Waals surface area contributed by atoms with Crippen LogP contribution in [-0.4, -0.2) is 12.1 Å². The van der Waals surface area contributed by atoms with Gasteiger partial charge < -0.3 is 5.32 Å². The van der Waals surface area contributed by atoms with Crippen LogP contribution in [0.3, 0.4) is 0 Å². The van der Waals surface area contributed by atoms with Crippen LogP contribution in [0.1, 0.15) is 66.7 Å². The Morgan fingerprint density at radius 2 is 1.57 bits per heavy atom. The van der Waals surface area contributed by atoms with E-state index in [1.165, 1.54) is 32.1 Å². The maximum Gasteiger partial charge on any atom is 0.00974 e. The van der Waals surface area contributed by atoms with Gasteiger partial charge in [-0.1, -0.05) is 60.3 Å². The van der Waals surface area contributed by atoms with Gasteiger partial charge in [-0.25, -0.2) is 0 Å². The molecule has 1 unspecified atom stereocenters. The van der Waals surface area contributed by atoms with Crippen LogP contribution >= 0.6 is 0 Å². The van der Waals surface area contributed by atoms with Crippen LogP contribution in [-0.2, 0) is 0 Å². The zero-order chi connectivity index (χ0) is 11.0. The van der Waals surface area contributed by atoms with Crippen LogP contribution < -0.4 is 5.32 Å². The van der Waals surface area contributed by atoms with E-state index in [1.807, 2.05) is 0 Å². The summed E-state index contributed by atoms with van der Waals surface area (Å²) in [6, 6.07) is 1.36. The lowest BCUT2D eigenvalue weighted by Gasteiger charge is -2.28. The van der Waals surface area contributed by atoms with Crippen LogP contribution in [0.15, 0.2) is 0 Å². The second-order valence-corrected chi connectivity index (χ2v) is 4.65. The van der Waals surface area contributed by atoms with Crippen molar-refractivity contribution in [3.63, 3.8) is 0 Å². The van der Waals surface area contributed by atoms with Crippen molar-refractivity contribution < 1.29 is 0 Å². The summed E-state index contributed by atoms with van der Waals surface area (Å²) in [4.78, 5) is 0. The van der Waals surface area contributed by atoms with Gasteiger partial charge in [0.25, 0.3) is 0 Å². The van der Waals surface area contributed by atoms with Gasteiger partial charge in [0.05, 0.1) is 0 Å². The van der Waals surface area contributed by atoms with Gasteiger partial charge in [-0.2, -0.15) is 0 Å². The molecule has 0 aromatic carbocycles. The highest BCUT2D eigenvalue weighted by atomic mass is 14.9. The minimum Gasteiger partial charge on any atom is -0.312 e. The predicted octanol–water partition coefficient (Wildman–Crippen LogP) is 3.98. The topological polar surface area (TPSA) is 12.0 Å². The molecular weight excluding hydrogens is 170 g/mol. The van der Waals surface area contributed by atoms with Gasteiger partial charge >= 0.3 is 0 Å². The lowest BCUT2D eigenvalue weighted by molar-refractivity contribution is 0.294. The van der Waals surface area contributed by atoms with Gasteiger partial charge in [-0.3, -0.25) is 0 Å². The normalized spacial score (nSPS) is 13.9. The Balaban J connectivity index is 4.06. The van der Waals surface area contributed by atoms with Crippen LogP contribution in [0.4, 0.5) is 0 Å². The second-order valence-electron chi connectivity index (χ2n) is 4.65. The largest absolute Gasteiger partial charge is 0.312 e. The monoisotopic (exact) mass is 199 g/mol. The predicted molar refractivity (Wildman–Crippen MR) is 65.7 cm³/mol. The van der Waals surface area contributed by atoms with Crippen molar-refractivity contribution >= 4 is 0 Å². The standard InChI is InChI=1S/C13H29N/c1-6-9-10-13(14-11(4)5)12(7-2)8-3/h11-14H,6-10H2,1-5H3. The summed E-state index contributed by atoms with van der Waals surface area (Å²) in [5.74, 6) is 0.865. The molecule has 0 aliphatic heterocycles. The van der Waals surface area contributed by atoms with E-state index in [4.69, 9.17) is 0 Å². The Morgan fingerprint density at radius 3 is 1.93 bits per heavy atom. The molecular formula is C13H29N. The molecule has 0 aliphatic carbocycles. The Labute approximate surface area is 90.7 Å².